The number of aliphatic imine (C=N–C) groups is 1. The Morgan fingerprint density at radius 1 is 1.36 bits per heavy atom. The largest absolute Gasteiger partial charge is 0.480 e. The van der Waals surface area contributed by atoms with Crippen LogP contribution in [0.3, 0.4) is 0 Å². The van der Waals surface area contributed by atoms with Crippen LogP contribution in [0.15, 0.2) is 41.2 Å². The molecule has 10 heteroatoms. The number of ether oxygens (including phenoxy) is 2. The normalized spacial score (nSPS) is 18.6. The van der Waals surface area contributed by atoms with Crippen LogP contribution in [0, 0.1) is 5.82 Å². The van der Waals surface area contributed by atoms with Crippen LogP contribution in [-0.2, 0) is 10.3 Å². The van der Waals surface area contributed by atoms with Gasteiger partial charge in [-0.15, -0.1) is 0 Å². The van der Waals surface area contributed by atoms with Crippen molar-refractivity contribution < 1.29 is 18.7 Å². The van der Waals surface area contributed by atoms with Crippen LogP contribution in [0.1, 0.15) is 29.9 Å². The highest BCUT2D eigenvalue weighted by Crippen LogP contribution is 2.34. The highest BCUT2D eigenvalue weighted by atomic mass is 19.1. The lowest BCUT2D eigenvalue weighted by Gasteiger charge is -2.27. The van der Waals surface area contributed by atoms with Crippen LogP contribution in [-0.4, -0.2) is 29.0 Å². The summed E-state index contributed by atoms with van der Waals surface area (Å²) in [5.74, 6) is -0.524. The number of amidine groups is 1. The molecule has 1 amide bonds. The monoisotopic (exact) mass is 386 g/mol. The smallest absolute Gasteiger partial charge is 0.288 e. The SMILES string of the molecule is COc1cnc(C(=O)Nc2ccc(F)c([C@]3(C)C=C(C)OC(N)=N3)c2)c(N)n1. The van der Waals surface area contributed by atoms with E-state index in [1.54, 1.807) is 19.9 Å². The quantitative estimate of drug-likeness (QED) is 0.730. The topological polar surface area (TPSA) is 138 Å². The second-order valence-electron chi connectivity index (χ2n) is 6.25. The summed E-state index contributed by atoms with van der Waals surface area (Å²) in [5.41, 5.74) is 10.8. The molecule has 3 rings (SSSR count). The number of carbonyl (C=O) groups excluding carboxylic acids is 1. The van der Waals surface area contributed by atoms with Crippen LogP contribution in [0.5, 0.6) is 5.88 Å². The highest BCUT2D eigenvalue weighted by molar-refractivity contribution is 6.05. The van der Waals surface area contributed by atoms with E-state index in [2.05, 4.69) is 20.3 Å². The number of amides is 1. The van der Waals surface area contributed by atoms with Crippen LogP contribution < -0.4 is 21.5 Å². The zero-order valence-corrected chi connectivity index (χ0v) is 15.5. The van der Waals surface area contributed by atoms with Gasteiger partial charge in [-0.3, -0.25) is 4.79 Å². The summed E-state index contributed by atoms with van der Waals surface area (Å²) in [5, 5.41) is 2.62. The van der Waals surface area contributed by atoms with Crippen molar-refractivity contribution in [3.8, 4) is 5.88 Å². The second-order valence-corrected chi connectivity index (χ2v) is 6.25. The van der Waals surface area contributed by atoms with Gasteiger partial charge in [0, 0.05) is 11.3 Å². The predicted molar refractivity (Wildman–Crippen MR) is 101 cm³/mol. The number of hydrogen-bond acceptors (Lipinski definition) is 8. The van der Waals surface area contributed by atoms with Crippen molar-refractivity contribution in [3.63, 3.8) is 0 Å². The van der Waals surface area contributed by atoms with Crippen molar-refractivity contribution in [2.45, 2.75) is 19.4 Å². The molecule has 0 fully saturated rings. The summed E-state index contributed by atoms with van der Waals surface area (Å²) < 4.78 is 24.6. The van der Waals surface area contributed by atoms with Crippen molar-refractivity contribution >= 4 is 23.4 Å². The lowest BCUT2D eigenvalue weighted by molar-refractivity contribution is 0.102. The molecule has 1 aliphatic heterocycles. The molecule has 0 saturated carbocycles. The number of halogens is 1. The molecule has 1 atom stereocenters. The zero-order valence-electron chi connectivity index (χ0n) is 15.5. The molecule has 0 saturated heterocycles. The third-order valence-electron chi connectivity index (χ3n) is 4.06. The number of rotatable bonds is 4. The Morgan fingerprint density at radius 3 is 2.75 bits per heavy atom. The molecule has 146 valence electrons. The van der Waals surface area contributed by atoms with E-state index < -0.39 is 17.3 Å². The van der Waals surface area contributed by atoms with Gasteiger partial charge < -0.3 is 26.3 Å². The van der Waals surface area contributed by atoms with Gasteiger partial charge in [-0.05, 0) is 38.1 Å². The molecule has 1 aromatic carbocycles. The molecule has 28 heavy (non-hydrogen) atoms. The maximum atomic E-state index is 14.5. The van der Waals surface area contributed by atoms with E-state index in [0.29, 0.717) is 11.4 Å². The number of allylic oxidation sites excluding steroid dienone is 1. The molecule has 0 unspecified atom stereocenters. The minimum Gasteiger partial charge on any atom is -0.480 e. The maximum Gasteiger partial charge on any atom is 0.288 e. The molecular formula is C18H19FN6O3. The number of anilines is 2. The fourth-order valence-corrected chi connectivity index (χ4v) is 2.85. The van der Waals surface area contributed by atoms with Gasteiger partial charge in [0.25, 0.3) is 11.9 Å². The molecule has 0 spiro atoms. The Kier molecular flexibility index (Phi) is 4.87. The first kappa shape index (κ1) is 19.1. The van der Waals surface area contributed by atoms with Crippen molar-refractivity contribution in [2.24, 2.45) is 10.7 Å². The van der Waals surface area contributed by atoms with Crippen LogP contribution in [0.2, 0.25) is 0 Å². The molecule has 1 aromatic heterocycles. The van der Waals surface area contributed by atoms with E-state index in [-0.39, 0.29) is 29.0 Å². The summed E-state index contributed by atoms with van der Waals surface area (Å²) in [4.78, 5) is 24.5. The Bertz CT molecular complexity index is 987. The van der Waals surface area contributed by atoms with Gasteiger partial charge in [-0.25, -0.2) is 14.4 Å². The lowest BCUT2D eigenvalue weighted by Crippen LogP contribution is -2.30. The standard InChI is InChI=1S/C18H19FN6O3/c1-9-7-18(2,25-17(21)28-9)11-6-10(4-5-12(11)19)23-16(26)14-15(20)24-13(27-3)8-22-14/h4-8H,1-3H3,(H2,20,24)(H2,21,25)(H,23,26)/t18-/m0/s1. The van der Waals surface area contributed by atoms with Crippen LogP contribution >= 0.6 is 0 Å². The summed E-state index contributed by atoms with van der Waals surface area (Å²) in [6.07, 6.45) is 2.91. The second kappa shape index (κ2) is 7.14. The minimum absolute atomic E-state index is 0.0716. The Balaban J connectivity index is 1.92. The number of methoxy groups -OCH3 is 1. The summed E-state index contributed by atoms with van der Waals surface area (Å²) >= 11 is 0. The van der Waals surface area contributed by atoms with Gasteiger partial charge in [-0.2, -0.15) is 4.98 Å². The number of nitrogens with one attached hydrogen (secondary N) is 1. The number of nitrogen functional groups attached to an aromatic ring is 1. The average molecular weight is 386 g/mol. The van der Waals surface area contributed by atoms with Gasteiger partial charge in [0.15, 0.2) is 11.5 Å². The van der Waals surface area contributed by atoms with Crippen molar-refractivity contribution in [2.75, 3.05) is 18.2 Å². The molecule has 2 heterocycles. The molecule has 2 aromatic rings. The lowest BCUT2D eigenvalue weighted by atomic mass is 9.90. The van der Waals surface area contributed by atoms with E-state index in [1.807, 2.05) is 0 Å². The van der Waals surface area contributed by atoms with Crippen molar-refractivity contribution in [3.05, 3.63) is 53.3 Å². The van der Waals surface area contributed by atoms with Gasteiger partial charge >= 0.3 is 0 Å². The van der Waals surface area contributed by atoms with E-state index in [4.69, 9.17) is 20.9 Å². The third kappa shape index (κ3) is 3.70. The highest BCUT2D eigenvalue weighted by Gasteiger charge is 2.31. The van der Waals surface area contributed by atoms with Crippen LogP contribution in [0.25, 0.3) is 0 Å². The molecule has 9 nitrogen and oxygen atoms in total. The average Bonchev–Trinajstić information content (AvgIpc) is 2.61. The summed E-state index contributed by atoms with van der Waals surface area (Å²) in [7, 11) is 1.41. The van der Waals surface area contributed by atoms with E-state index in [1.165, 1.54) is 31.5 Å². The predicted octanol–water partition coefficient (Wildman–Crippen LogP) is 1.92. The fourth-order valence-electron chi connectivity index (χ4n) is 2.85. The first-order valence-electron chi connectivity index (χ1n) is 8.22. The van der Waals surface area contributed by atoms with Crippen LogP contribution in [0.4, 0.5) is 15.9 Å². The summed E-state index contributed by atoms with van der Waals surface area (Å²) in [6.45, 7) is 3.37. The molecule has 0 bridgehead atoms. The fraction of sp³-hybridized carbons (Fsp3) is 0.222. The number of carbonyl (C=O) groups is 1. The van der Waals surface area contributed by atoms with Crippen molar-refractivity contribution in [1.29, 1.82) is 0 Å². The number of nitrogens with two attached hydrogens (primary N) is 2. The molecule has 1 aliphatic rings. The van der Waals surface area contributed by atoms with E-state index in [0.717, 1.165) is 0 Å². The van der Waals surface area contributed by atoms with Gasteiger partial charge in [0.1, 0.15) is 17.1 Å². The number of aromatic nitrogens is 2. The van der Waals surface area contributed by atoms with Gasteiger partial charge in [0.2, 0.25) is 5.88 Å². The third-order valence-corrected chi connectivity index (χ3v) is 4.06. The Morgan fingerprint density at radius 2 is 2.11 bits per heavy atom. The first-order chi connectivity index (χ1) is 13.2. The van der Waals surface area contributed by atoms with E-state index >= 15 is 0 Å². The molecule has 0 aliphatic carbocycles. The molecule has 0 radical (unpaired) electrons. The molecule has 5 N–H and O–H groups in total. The van der Waals surface area contributed by atoms with Crippen molar-refractivity contribution in [1.82, 2.24) is 9.97 Å². The minimum atomic E-state index is -1.09. The molecular weight excluding hydrogens is 367 g/mol. The maximum absolute atomic E-state index is 14.5. The van der Waals surface area contributed by atoms with Gasteiger partial charge in [0.05, 0.1) is 13.3 Å². The van der Waals surface area contributed by atoms with Gasteiger partial charge in [-0.1, -0.05) is 0 Å². The number of hydrogen-bond donors (Lipinski definition) is 3. The zero-order chi connectivity index (χ0) is 20.5. The first-order valence-corrected chi connectivity index (χ1v) is 8.22. The summed E-state index contributed by atoms with van der Waals surface area (Å²) in [6, 6.07) is 4.03. The Labute approximate surface area is 160 Å². The number of benzene rings is 1. The number of nitrogens with zero attached hydrogens (tertiary/aromatic N) is 3. The Hall–Kier alpha value is -3.69. The van der Waals surface area contributed by atoms with E-state index in [9.17, 15) is 9.18 Å².